The molecule has 1 aromatic rings. The molecule has 1 aliphatic rings. The van der Waals surface area contributed by atoms with E-state index in [0.717, 1.165) is 16.7 Å². The van der Waals surface area contributed by atoms with E-state index in [4.69, 9.17) is 9.47 Å². The Morgan fingerprint density at radius 3 is 2.72 bits per heavy atom. The van der Waals surface area contributed by atoms with E-state index in [2.05, 4.69) is 0 Å². The molecule has 0 spiro atoms. The van der Waals surface area contributed by atoms with Gasteiger partial charge in [0.1, 0.15) is 12.0 Å². The molecule has 0 bridgehead atoms. The molecule has 96 valence electrons. The van der Waals surface area contributed by atoms with Gasteiger partial charge < -0.3 is 9.47 Å². The van der Waals surface area contributed by atoms with Gasteiger partial charge in [-0.05, 0) is 25.0 Å². The molecule has 0 radical (unpaired) electrons. The Bertz CT molecular complexity index is 493. The van der Waals surface area contributed by atoms with Crippen molar-refractivity contribution in [1.29, 1.82) is 0 Å². The Morgan fingerprint density at radius 1 is 1.39 bits per heavy atom. The van der Waals surface area contributed by atoms with Crippen LogP contribution in [-0.2, 0) is 19.1 Å². The molecule has 1 saturated heterocycles. The maximum absolute atomic E-state index is 11.7. The summed E-state index contributed by atoms with van der Waals surface area (Å²) in [6, 6.07) is 5.86. The topological polar surface area (TPSA) is 52.6 Å². The van der Waals surface area contributed by atoms with Crippen molar-refractivity contribution in [2.75, 3.05) is 7.11 Å². The third kappa shape index (κ3) is 2.23. The van der Waals surface area contributed by atoms with Gasteiger partial charge in [-0.15, -0.1) is 0 Å². The molecule has 0 saturated carbocycles. The first-order chi connectivity index (χ1) is 8.52. The second-order valence-electron chi connectivity index (χ2n) is 4.60. The molecule has 1 aromatic carbocycles. The maximum Gasteiger partial charge on any atom is 0.313 e. The lowest BCUT2D eigenvalue weighted by molar-refractivity contribution is -0.147. The first kappa shape index (κ1) is 12.6. The van der Waals surface area contributed by atoms with Gasteiger partial charge in [0.25, 0.3) is 0 Å². The first-order valence-corrected chi connectivity index (χ1v) is 5.87. The average molecular weight is 248 g/mol. The highest BCUT2D eigenvalue weighted by Crippen LogP contribution is 2.37. The molecule has 4 heteroatoms. The van der Waals surface area contributed by atoms with Crippen LogP contribution in [0.5, 0.6) is 0 Å². The maximum atomic E-state index is 11.7. The summed E-state index contributed by atoms with van der Waals surface area (Å²) < 4.78 is 9.99. The second kappa shape index (κ2) is 4.80. The van der Waals surface area contributed by atoms with Crippen LogP contribution in [0.1, 0.15) is 29.2 Å². The van der Waals surface area contributed by atoms with Crippen LogP contribution in [0.15, 0.2) is 18.2 Å². The second-order valence-corrected chi connectivity index (χ2v) is 4.60. The summed E-state index contributed by atoms with van der Waals surface area (Å²) in [4.78, 5) is 23.1. The van der Waals surface area contributed by atoms with Crippen LogP contribution in [0.25, 0.3) is 0 Å². The van der Waals surface area contributed by atoms with Crippen molar-refractivity contribution < 1.29 is 19.1 Å². The van der Waals surface area contributed by atoms with Gasteiger partial charge >= 0.3 is 11.9 Å². The fourth-order valence-corrected chi connectivity index (χ4v) is 2.34. The standard InChI is InChI=1S/C14H16O4/c1-8-4-5-10(9(2)6-8)13-11(14(16)17-3)7-12(15)18-13/h4-6,11,13H,7H2,1-3H3/t11-,13+/m0/s1. The number of cyclic esters (lactones) is 1. The summed E-state index contributed by atoms with van der Waals surface area (Å²) in [6.45, 7) is 3.94. The van der Waals surface area contributed by atoms with Gasteiger partial charge in [-0.3, -0.25) is 9.59 Å². The van der Waals surface area contributed by atoms with Gasteiger partial charge in [0.05, 0.1) is 13.5 Å². The highest BCUT2D eigenvalue weighted by Gasteiger charge is 2.42. The summed E-state index contributed by atoms with van der Waals surface area (Å²) in [5, 5.41) is 0. The zero-order valence-electron chi connectivity index (χ0n) is 10.7. The number of carbonyl (C=O) groups is 2. The molecular weight excluding hydrogens is 232 g/mol. The van der Waals surface area contributed by atoms with Gasteiger partial charge in [-0.1, -0.05) is 23.8 Å². The number of carbonyl (C=O) groups excluding carboxylic acids is 2. The highest BCUT2D eigenvalue weighted by atomic mass is 16.6. The fourth-order valence-electron chi connectivity index (χ4n) is 2.34. The van der Waals surface area contributed by atoms with Gasteiger partial charge in [0.2, 0.25) is 0 Å². The molecule has 0 unspecified atom stereocenters. The Morgan fingerprint density at radius 2 is 2.11 bits per heavy atom. The Balaban J connectivity index is 2.35. The van der Waals surface area contributed by atoms with E-state index in [9.17, 15) is 9.59 Å². The number of benzene rings is 1. The Labute approximate surface area is 106 Å². The lowest BCUT2D eigenvalue weighted by atomic mass is 9.92. The molecule has 1 heterocycles. The third-order valence-electron chi connectivity index (χ3n) is 3.25. The van der Waals surface area contributed by atoms with Crippen molar-refractivity contribution >= 4 is 11.9 Å². The number of hydrogen-bond acceptors (Lipinski definition) is 4. The van der Waals surface area contributed by atoms with Crippen molar-refractivity contribution in [3.63, 3.8) is 0 Å². The zero-order chi connectivity index (χ0) is 13.3. The van der Waals surface area contributed by atoms with Crippen LogP contribution in [0, 0.1) is 19.8 Å². The first-order valence-electron chi connectivity index (χ1n) is 5.87. The monoisotopic (exact) mass is 248 g/mol. The van der Waals surface area contributed by atoms with E-state index in [1.165, 1.54) is 7.11 Å². The van der Waals surface area contributed by atoms with Crippen LogP contribution < -0.4 is 0 Å². The van der Waals surface area contributed by atoms with E-state index < -0.39 is 18.0 Å². The molecule has 0 amide bonds. The van der Waals surface area contributed by atoms with Crippen LogP contribution in [0.4, 0.5) is 0 Å². The molecule has 2 atom stereocenters. The van der Waals surface area contributed by atoms with Gasteiger partial charge in [0, 0.05) is 0 Å². The lowest BCUT2D eigenvalue weighted by Gasteiger charge is -2.18. The minimum absolute atomic E-state index is 0.0880. The molecule has 0 aromatic heterocycles. The van der Waals surface area contributed by atoms with Gasteiger partial charge in [0.15, 0.2) is 0 Å². The number of methoxy groups -OCH3 is 1. The minimum Gasteiger partial charge on any atom is -0.469 e. The normalized spacial score (nSPS) is 22.7. The molecule has 1 aliphatic heterocycles. The summed E-state index contributed by atoms with van der Waals surface area (Å²) in [6.07, 6.45) is -0.435. The summed E-state index contributed by atoms with van der Waals surface area (Å²) in [7, 11) is 1.32. The van der Waals surface area contributed by atoms with E-state index in [-0.39, 0.29) is 12.4 Å². The number of rotatable bonds is 2. The third-order valence-corrected chi connectivity index (χ3v) is 3.25. The number of hydrogen-bond donors (Lipinski definition) is 0. The number of ether oxygens (including phenoxy) is 2. The largest absolute Gasteiger partial charge is 0.469 e. The molecule has 2 rings (SSSR count). The lowest BCUT2D eigenvalue weighted by Crippen LogP contribution is -2.20. The van der Waals surface area contributed by atoms with Crippen molar-refractivity contribution in [3.05, 3.63) is 34.9 Å². The Kier molecular flexibility index (Phi) is 3.36. The number of esters is 2. The van der Waals surface area contributed by atoms with Crippen LogP contribution in [0.3, 0.4) is 0 Å². The molecule has 18 heavy (non-hydrogen) atoms. The smallest absolute Gasteiger partial charge is 0.313 e. The molecule has 0 N–H and O–H groups in total. The number of aryl methyl sites for hydroxylation is 2. The fraction of sp³-hybridized carbons (Fsp3) is 0.429. The summed E-state index contributed by atoms with van der Waals surface area (Å²) in [5.41, 5.74) is 3.03. The van der Waals surface area contributed by atoms with E-state index >= 15 is 0 Å². The van der Waals surface area contributed by atoms with Gasteiger partial charge in [-0.25, -0.2) is 0 Å². The van der Waals surface area contributed by atoms with Crippen LogP contribution in [-0.4, -0.2) is 19.0 Å². The Hall–Kier alpha value is -1.84. The SMILES string of the molecule is COC(=O)[C@H]1CC(=O)O[C@@H]1c1ccc(C)cc1C. The quantitative estimate of drug-likeness (QED) is 0.752. The van der Waals surface area contributed by atoms with Crippen molar-refractivity contribution in [2.45, 2.75) is 26.4 Å². The summed E-state index contributed by atoms with van der Waals surface area (Å²) >= 11 is 0. The average Bonchev–Trinajstić information content (AvgIpc) is 2.70. The predicted octanol–water partition coefficient (Wildman–Crippen LogP) is 2.08. The van der Waals surface area contributed by atoms with Crippen molar-refractivity contribution in [3.8, 4) is 0 Å². The minimum atomic E-state index is -0.538. The highest BCUT2D eigenvalue weighted by molar-refractivity contribution is 5.83. The van der Waals surface area contributed by atoms with Crippen LogP contribution >= 0.6 is 0 Å². The van der Waals surface area contributed by atoms with Gasteiger partial charge in [-0.2, -0.15) is 0 Å². The molecule has 0 aliphatic carbocycles. The van der Waals surface area contributed by atoms with E-state index in [1.54, 1.807) is 0 Å². The van der Waals surface area contributed by atoms with Crippen molar-refractivity contribution in [2.24, 2.45) is 5.92 Å². The zero-order valence-corrected chi connectivity index (χ0v) is 10.7. The molecule has 4 nitrogen and oxygen atoms in total. The van der Waals surface area contributed by atoms with Crippen LogP contribution in [0.2, 0.25) is 0 Å². The predicted molar refractivity (Wildman–Crippen MR) is 64.9 cm³/mol. The summed E-state index contributed by atoms with van der Waals surface area (Å²) in [5.74, 6) is -1.29. The van der Waals surface area contributed by atoms with Crippen molar-refractivity contribution in [1.82, 2.24) is 0 Å². The van der Waals surface area contributed by atoms with E-state index in [1.807, 2.05) is 32.0 Å². The van der Waals surface area contributed by atoms with E-state index in [0.29, 0.717) is 0 Å². The molecule has 1 fully saturated rings. The molecular formula is C14H16O4.